The van der Waals surface area contributed by atoms with Crippen molar-refractivity contribution in [3.8, 4) is 0 Å². The van der Waals surface area contributed by atoms with E-state index in [1.165, 1.54) is 12.1 Å². The SMILES string of the molecule is O=C1NCC(C(=O)N(Cc2ccc(C(F)(F)F)cc2)C2CC2)N1. The van der Waals surface area contributed by atoms with Gasteiger partial charge >= 0.3 is 12.2 Å². The van der Waals surface area contributed by atoms with Gasteiger partial charge in [-0.3, -0.25) is 4.79 Å². The Morgan fingerprint density at radius 1 is 1.22 bits per heavy atom. The van der Waals surface area contributed by atoms with Crippen molar-refractivity contribution in [3.05, 3.63) is 35.4 Å². The number of amides is 3. The highest BCUT2D eigenvalue weighted by Crippen LogP contribution is 2.31. The molecule has 2 aliphatic rings. The molecule has 1 atom stereocenters. The molecule has 2 fully saturated rings. The average Bonchev–Trinajstić information content (AvgIpc) is 3.25. The molecule has 3 rings (SSSR count). The van der Waals surface area contributed by atoms with Crippen molar-refractivity contribution in [2.45, 2.75) is 37.6 Å². The van der Waals surface area contributed by atoms with Crippen LogP contribution in [0.25, 0.3) is 0 Å². The monoisotopic (exact) mass is 327 g/mol. The number of hydrogen-bond acceptors (Lipinski definition) is 2. The van der Waals surface area contributed by atoms with Crippen LogP contribution in [-0.2, 0) is 17.5 Å². The largest absolute Gasteiger partial charge is 0.416 e. The second-order valence-corrected chi connectivity index (χ2v) is 5.80. The minimum Gasteiger partial charge on any atom is -0.336 e. The number of benzene rings is 1. The van der Waals surface area contributed by atoms with Crippen molar-refractivity contribution < 1.29 is 22.8 Å². The van der Waals surface area contributed by atoms with Crippen LogP contribution in [0.2, 0.25) is 0 Å². The van der Waals surface area contributed by atoms with Gasteiger partial charge in [0.1, 0.15) is 6.04 Å². The Kier molecular flexibility index (Phi) is 3.91. The van der Waals surface area contributed by atoms with Crippen LogP contribution >= 0.6 is 0 Å². The predicted molar refractivity (Wildman–Crippen MR) is 75.3 cm³/mol. The molecule has 1 unspecified atom stereocenters. The maximum absolute atomic E-state index is 12.6. The molecule has 3 amide bonds. The molecule has 0 bridgehead atoms. The molecule has 1 aliphatic heterocycles. The lowest BCUT2D eigenvalue weighted by molar-refractivity contribution is -0.137. The van der Waals surface area contributed by atoms with Crippen molar-refractivity contribution in [1.29, 1.82) is 0 Å². The van der Waals surface area contributed by atoms with Gasteiger partial charge in [0, 0.05) is 19.1 Å². The molecule has 1 heterocycles. The van der Waals surface area contributed by atoms with E-state index in [1.54, 1.807) is 4.90 Å². The van der Waals surface area contributed by atoms with Gasteiger partial charge in [-0.2, -0.15) is 13.2 Å². The topological polar surface area (TPSA) is 61.4 Å². The Labute approximate surface area is 130 Å². The van der Waals surface area contributed by atoms with Crippen molar-refractivity contribution in [2.24, 2.45) is 0 Å². The molecule has 5 nitrogen and oxygen atoms in total. The summed E-state index contributed by atoms with van der Waals surface area (Å²) in [5.74, 6) is -0.203. The summed E-state index contributed by atoms with van der Waals surface area (Å²) in [6.45, 7) is 0.474. The number of alkyl halides is 3. The number of urea groups is 1. The van der Waals surface area contributed by atoms with Gasteiger partial charge in [-0.25, -0.2) is 4.79 Å². The van der Waals surface area contributed by atoms with E-state index in [-0.39, 0.29) is 31.1 Å². The van der Waals surface area contributed by atoms with Crippen LogP contribution in [0, 0.1) is 0 Å². The molecule has 1 aromatic rings. The highest BCUT2D eigenvalue weighted by molar-refractivity contribution is 5.90. The van der Waals surface area contributed by atoms with Gasteiger partial charge in [0.05, 0.1) is 5.56 Å². The van der Waals surface area contributed by atoms with E-state index in [0.29, 0.717) is 5.56 Å². The molecule has 1 aliphatic carbocycles. The summed E-state index contributed by atoms with van der Waals surface area (Å²) in [7, 11) is 0. The van der Waals surface area contributed by atoms with Crippen LogP contribution in [0.1, 0.15) is 24.0 Å². The zero-order valence-corrected chi connectivity index (χ0v) is 12.2. The molecule has 1 saturated carbocycles. The number of hydrogen-bond donors (Lipinski definition) is 2. The summed E-state index contributed by atoms with van der Waals surface area (Å²) in [4.78, 5) is 25.3. The van der Waals surface area contributed by atoms with E-state index in [1.807, 2.05) is 0 Å². The molecular formula is C15H16F3N3O2. The number of halogens is 3. The van der Waals surface area contributed by atoms with Gasteiger partial charge in [-0.1, -0.05) is 12.1 Å². The normalized spacial score (nSPS) is 20.8. The molecule has 0 radical (unpaired) electrons. The predicted octanol–water partition coefficient (Wildman–Crippen LogP) is 1.88. The fraction of sp³-hybridized carbons (Fsp3) is 0.467. The molecule has 124 valence electrons. The van der Waals surface area contributed by atoms with Gasteiger partial charge < -0.3 is 15.5 Å². The van der Waals surface area contributed by atoms with Crippen LogP contribution in [0.3, 0.4) is 0 Å². The maximum Gasteiger partial charge on any atom is 0.416 e. The Bertz CT molecular complexity index is 611. The van der Waals surface area contributed by atoms with Crippen molar-refractivity contribution in [2.75, 3.05) is 6.54 Å². The zero-order chi connectivity index (χ0) is 16.6. The molecule has 0 spiro atoms. The van der Waals surface area contributed by atoms with Gasteiger partial charge in [-0.15, -0.1) is 0 Å². The summed E-state index contributed by atoms with van der Waals surface area (Å²) in [5.41, 5.74) is -0.0756. The lowest BCUT2D eigenvalue weighted by Crippen LogP contribution is -2.46. The minimum atomic E-state index is -4.37. The summed E-state index contributed by atoms with van der Waals surface area (Å²) < 4.78 is 37.7. The first kappa shape index (κ1) is 15.6. The van der Waals surface area contributed by atoms with E-state index in [4.69, 9.17) is 0 Å². The summed E-state index contributed by atoms with van der Waals surface area (Å²) >= 11 is 0. The fourth-order valence-corrected chi connectivity index (χ4v) is 2.57. The molecule has 2 N–H and O–H groups in total. The lowest BCUT2D eigenvalue weighted by Gasteiger charge is -2.25. The lowest BCUT2D eigenvalue weighted by atomic mass is 10.1. The van der Waals surface area contributed by atoms with Crippen LogP contribution in [0.4, 0.5) is 18.0 Å². The van der Waals surface area contributed by atoms with Gasteiger partial charge in [0.15, 0.2) is 0 Å². The Hall–Kier alpha value is -2.25. The van der Waals surface area contributed by atoms with Crippen molar-refractivity contribution >= 4 is 11.9 Å². The first-order valence-corrected chi connectivity index (χ1v) is 7.35. The van der Waals surface area contributed by atoms with E-state index in [9.17, 15) is 22.8 Å². The van der Waals surface area contributed by atoms with E-state index in [2.05, 4.69) is 10.6 Å². The zero-order valence-electron chi connectivity index (χ0n) is 12.2. The van der Waals surface area contributed by atoms with Gasteiger partial charge in [0.2, 0.25) is 5.91 Å². The van der Waals surface area contributed by atoms with E-state index in [0.717, 1.165) is 25.0 Å². The number of carbonyl (C=O) groups excluding carboxylic acids is 2. The summed E-state index contributed by atoms with van der Waals surface area (Å²) in [5, 5.41) is 5.07. The molecule has 8 heteroatoms. The Morgan fingerprint density at radius 2 is 1.87 bits per heavy atom. The third kappa shape index (κ3) is 3.57. The minimum absolute atomic E-state index is 0.0993. The first-order chi connectivity index (χ1) is 10.8. The first-order valence-electron chi connectivity index (χ1n) is 7.35. The van der Waals surface area contributed by atoms with E-state index >= 15 is 0 Å². The second kappa shape index (κ2) is 5.75. The third-order valence-corrected chi connectivity index (χ3v) is 3.98. The molecule has 0 aromatic heterocycles. The number of carbonyl (C=O) groups is 2. The molecule has 1 aromatic carbocycles. The highest BCUT2D eigenvalue weighted by Gasteiger charge is 2.38. The van der Waals surface area contributed by atoms with Crippen LogP contribution in [0.5, 0.6) is 0 Å². The third-order valence-electron chi connectivity index (χ3n) is 3.98. The summed E-state index contributed by atoms with van der Waals surface area (Å²) in [6, 6.07) is 3.91. The number of nitrogens with zero attached hydrogens (tertiary/aromatic N) is 1. The highest BCUT2D eigenvalue weighted by atomic mass is 19.4. The van der Waals surface area contributed by atoms with Crippen LogP contribution in [0.15, 0.2) is 24.3 Å². The maximum atomic E-state index is 12.6. The van der Waals surface area contributed by atoms with Crippen molar-refractivity contribution in [1.82, 2.24) is 15.5 Å². The number of nitrogens with one attached hydrogen (secondary N) is 2. The number of rotatable bonds is 4. The molecule has 23 heavy (non-hydrogen) atoms. The Morgan fingerprint density at radius 3 is 2.35 bits per heavy atom. The molecular weight excluding hydrogens is 311 g/mol. The van der Waals surface area contributed by atoms with Crippen LogP contribution in [-0.4, -0.2) is 35.5 Å². The fourth-order valence-electron chi connectivity index (χ4n) is 2.57. The Balaban J connectivity index is 1.70. The van der Waals surface area contributed by atoms with E-state index < -0.39 is 17.8 Å². The second-order valence-electron chi connectivity index (χ2n) is 5.80. The average molecular weight is 327 g/mol. The van der Waals surface area contributed by atoms with Gasteiger partial charge in [-0.05, 0) is 30.5 Å². The summed E-state index contributed by atoms with van der Waals surface area (Å²) in [6.07, 6.45) is -2.62. The van der Waals surface area contributed by atoms with Gasteiger partial charge in [0.25, 0.3) is 0 Å². The smallest absolute Gasteiger partial charge is 0.336 e. The molecule has 1 saturated heterocycles. The quantitative estimate of drug-likeness (QED) is 0.887. The van der Waals surface area contributed by atoms with Crippen molar-refractivity contribution in [3.63, 3.8) is 0 Å². The van der Waals surface area contributed by atoms with Crippen LogP contribution < -0.4 is 10.6 Å². The standard InChI is InChI=1S/C15H16F3N3O2/c16-15(17,18)10-3-1-9(2-4-10)8-21(11-5-6-11)13(22)12-7-19-14(23)20-12/h1-4,11-12H,5-8H2,(H2,19,20,23).